The molecule has 0 saturated heterocycles. The zero-order valence-corrected chi connectivity index (χ0v) is 17.0. The first kappa shape index (κ1) is 20.5. The third kappa shape index (κ3) is 4.96. The van der Waals surface area contributed by atoms with Crippen molar-refractivity contribution in [1.29, 1.82) is 0 Å². The summed E-state index contributed by atoms with van der Waals surface area (Å²) in [5, 5.41) is 20.0. The number of fused-ring (bicyclic) bond motifs is 1. The smallest absolute Gasteiger partial charge is 0.189 e. The quantitative estimate of drug-likeness (QED) is 0.366. The van der Waals surface area contributed by atoms with Gasteiger partial charge in [-0.15, -0.1) is 0 Å². The minimum Gasteiger partial charge on any atom is -0.508 e. The number of hydrogen-bond donors (Lipinski definition) is 2. The molecule has 1 aliphatic rings. The van der Waals surface area contributed by atoms with E-state index in [1.165, 1.54) is 11.6 Å². The maximum absolute atomic E-state index is 12.6. The Hall–Kier alpha value is -3.27. The van der Waals surface area contributed by atoms with E-state index in [4.69, 9.17) is 4.74 Å². The van der Waals surface area contributed by atoms with Gasteiger partial charge in [-0.1, -0.05) is 29.9 Å². The fourth-order valence-corrected chi connectivity index (χ4v) is 3.21. The molecule has 0 amide bonds. The minimum atomic E-state index is -0.449. The van der Waals surface area contributed by atoms with Gasteiger partial charge in [0, 0.05) is 0 Å². The van der Waals surface area contributed by atoms with Crippen molar-refractivity contribution in [3.05, 3.63) is 76.9 Å². The summed E-state index contributed by atoms with van der Waals surface area (Å²) in [6.45, 7) is 6.16. The highest BCUT2D eigenvalue weighted by Crippen LogP contribution is 2.40. The maximum Gasteiger partial charge on any atom is 0.189 e. The van der Waals surface area contributed by atoms with Gasteiger partial charge in [0.15, 0.2) is 5.78 Å². The zero-order valence-electron chi connectivity index (χ0n) is 17.0. The number of allylic oxidation sites excluding steroid dienone is 3. The SMILES string of the molecule is CC(C)=CCCC1(C)C=Cc2c(ccc(C(=O)C=Cc3ccc(O)cc3)c2O)O1. The number of phenolic OH excluding ortho intramolecular Hbond substituents is 2. The van der Waals surface area contributed by atoms with E-state index in [0.717, 1.165) is 18.4 Å². The first-order chi connectivity index (χ1) is 13.8. The van der Waals surface area contributed by atoms with Crippen molar-refractivity contribution in [2.24, 2.45) is 0 Å². The van der Waals surface area contributed by atoms with E-state index < -0.39 is 5.60 Å². The second-order valence-corrected chi connectivity index (χ2v) is 7.73. The van der Waals surface area contributed by atoms with Crippen LogP contribution < -0.4 is 4.74 Å². The summed E-state index contributed by atoms with van der Waals surface area (Å²) in [6.07, 6.45) is 10.7. The Bertz CT molecular complexity index is 992. The lowest BCUT2D eigenvalue weighted by molar-refractivity contribution is 0.104. The molecule has 1 heterocycles. The summed E-state index contributed by atoms with van der Waals surface area (Å²) in [7, 11) is 0. The van der Waals surface area contributed by atoms with E-state index >= 15 is 0 Å². The number of ether oxygens (including phenoxy) is 1. The number of ketones is 1. The van der Waals surface area contributed by atoms with Crippen molar-refractivity contribution in [2.75, 3.05) is 0 Å². The summed E-state index contributed by atoms with van der Waals surface area (Å²) in [6, 6.07) is 9.85. The van der Waals surface area contributed by atoms with E-state index in [0.29, 0.717) is 11.3 Å². The van der Waals surface area contributed by atoms with Crippen LogP contribution in [0.2, 0.25) is 0 Å². The van der Waals surface area contributed by atoms with Gasteiger partial charge in [0.25, 0.3) is 0 Å². The lowest BCUT2D eigenvalue weighted by Gasteiger charge is -2.32. The molecule has 0 aliphatic carbocycles. The molecule has 4 heteroatoms. The lowest BCUT2D eigenvalue weighted by atomic mass is 9.93. The molecule has 1 aliphatic heterocycles. The number of rotatable bonds is 6. The Balaban J connectivity index is 1.78. The Morgan fingerprint density at radius 2 is 1.83 bits per heavy atom. The Kier molecular flexibility index (Phi) is 5.92. The number of carbonyl (C=O) groups excluding carboxylic acids is 1. The normalized spacial score (nSPS) is 17.6. The second kappa shape index (κ2) is 8.39. The molecule has 29 heavy (non-hydrogen) atoms. The van der Waals surface area contributed by atoms with Crippen molar-refractivity contribution in [3.8, 4) is 17.2 Å². The van der Waals surface area contributed by atoms with E-state index in [1.54, 1.807) is 42.5 Å². The molecule has 3 rings (SSSR count). The summed E-state index contributed by atoms with van der Waals surface area (Å²) in [5.74, 6) is 0.360. The van der Waals surface area contributed by atoms with E-state index in [2.05, 4.69) is 19.9 Å². The van der Waals surface area contributed by atoms with Crippen molar-refractivity contribution in [2.45, 2.75) is 39.2 Å². The average molecular weight is 390 g/mol. The largest absolute Gasteiger partial charge is 0.508 e. The van der Waals surface area contributed by atoms with Crippen molar-refractivity contribution in [3.63, 3.8) is 0 Å². The standard InChI is InChI=1S/C25H26O4/c1-17(2)5-4-15-25(3)16-14-21-23(29-25)13-11-20(24(21)28)22(27)12-8-18-6-9-19(26)10-7-18/h5-14,16,26,28H,4,15H2,1-3H3. The Morgan fingerprint density at radius 3 is 2.52 bits per heavy atom. The van der Waals surface area contributed by atoms with Gasteiger partial charge in [-0.05, 0) is 81.7 Å². The van der Waals surface area contributed by atoms with E-state index in [-0.39, 0.29) is 22.8 Å². The van der Waals surface area contributed by atoms with Crippen LogP contribution in [0.5, 0.6) is 17.2 Å². The topological polar surface area (TPSA) is 66.8 Å². The molecule has 0 spiro atoms. The molecule has 4 nitrogen and oxygen atoms in total. The monoisotopic (exact) mass is 390 g/mol. The average Bonchev–Trinajstić information content (AvgIpc) is 2.67. The predicted molar refractivity (Wildman–Crippen MR) is 116 cm³/mol. The van der Waals surface area contributed by atoms with Crippen molar-refractivity contribution >= 4 is 17.9 Å². The van der Waals surface area contributed by atoms with Gasteiger partial charge in [0.1, 0.15) is 22.8 Å². The first-order valence-corrected chi connectivity index (χ1v) is 9.66. The third-order valence-corrected chi connectivity index (χ3v) is 4.90. The molecular formula is C25H26O4. The molecule has 1 atom stereocenters. The molecule has 2 aromatic rings. The van der Waals surface area contributed by atoms with Crippen LogP contribution in [0.15, 0.2) is 60.2 Å². The summed E-state index contributed by atoms with van der Waals surface area (Å²) >= 11 is 0. The lowest BCUT2D eigenvalue weighted by Crippen LogP contribution is -2.31. The minimum absolute atomic E-state index is 0.0783. The fourth-order valence-electron chi connectivity index (χ4n) is 3.21. The molecule has 0 radical (unpaired) electrons. The van der Waals surface area contributed by atoms with E-state index in [1.807, 2.05) is 19.1 Å². The van der Waals surface area contributed by atoms with Gasteiger partial charge in [0.05, 0.1) is 11.1 Å². The van der Waals surface area contributed by atoms with Gasteiger partial charge in [0.2, 0.25) is 0 Å². The van der Waals surface area contributed by atoms with Gasteiger partial charge >= 0.3 is 0 Å². The van der Waals surface area contributed by atoms with Crippen LogP contribution in [-0.4, -0.2) is 21.6 Å². The Morgan fingerprint density at radius 1 is 1.10 bits per heavy atom. The van der Waals surface area contributed by atoms with Gasteiger partial charge in [-0.3, -0.25) is 4.79 Å². The number of phenols is 2. The highest BCUT2D eigenvalue weighted by Gasteiger charge is 2.29. The molecule has 2 aromatic carbocycles. The molecule has 0 aromatic heterocycles. The highest BCUT2D eigenvalue weighted by molar-refractivity contribution is 6.09. The number of benzene rings is 2. The first-order valence-electron chi connectivity index (χ1n) is 9.66. The number of carbonyl (C=O) groups is 1. The van der Waals surface area contributed by atoms with Crippen LogP contribution in [0, 0.1) is 0 Å². The van der Waals surface area contributed by atoms with Crippen LogP contribution in [0.1, 0.15) is 55.1 Å². The molecule has 1 unspecified atom stereocenters. The van der Waals surface area contributed by atoms with Gasteiger partial charge in [-0.2, -0.15) is 0 Å². The molecule has 0 saturated carbocycles. The van der Waals surface area contributed by atoms with Crippen LogP contribution >= 0.6 is 0 Å². The molecule has 150 valence electrons. The van der Waals surface area contributed by atoms with Crippen LogP contribution in [0.4, 0.5) is 0 Å². The summed E-state index contributed by atoms with van der Waals surface area (Å²) in [5.41, 5.74) is 2.35. The molecular weight excluding hydrogens is 364 g/mol. The van der Waals surface area contributed by atoms with Gasteiger partial charge in [-0.25, -0.2) is 0 Å². The zero-order chi connectivity index (χ0) is 21.0. The van der Waals surface area contributed by atoms with Crippen LogP contribution in [-0.2, 0) is 0 Å². The molecule has 0 fully saturated rings. The highest BCUT2D eigenvalue weighted by atomic mass is 16.5. The van der Waals surface area contributed by atoms with Crippen molar-refractivity contribution < 1.29 is 19.7 Å². The second-order valence-electron chi connectivity index (χ2n) is 7.73. The van der Waals surface area contributed by atoms with Gasteiger partial charge < -0.3 is 14.9 Å². The third-order valence-electron chi connectivity index (χ3n) is 4.90. The molecule has 0 bridgehead atoms. The van der Waals surface area contributed by atoms with E-state index in [9.17, 15) is 15.0 Å². The number of aromatic hydroxyl groups is 2. The summed E-state index contributed by atoms with van der Waals surface area (Å²) in [4.78, 5) is 12.6. The number of hydrogen-bond acceptors (Lipinski definition) is 4. The Labute approximate surface area is 171 Å². The summed E-state index contributed by atoms with van der Waals surface area (Å²) < 4.78 is 6.13. The van der Waals surface area contributed by atoms with Crippen molar-refractivity contribution in [1.82, 2.24) is 0 Å². The van der Waals surface area contributed by atoms with Crippen LogP contribution in [0.3, 0.4) is 0 Å². The molecule has 2 N–H and O–H groups in total. The van der Waals surface area contributed by atoms with Crippen LogP contribution in [0.25, 0.3) is 12.2 Å². The maximum atomic E-state index is 12.6. The fraction of sp³-hybridized carbons (Fsp3) is 0.240. The predicted octanol–water partition coefficient (Wildman–Crippen LogP) is 5.90.